The van der Waals surface area contributed by atoms with Crippen LogP contribution in [0.3, 0.4) is 0 Å². The number of benzene rings is 1. The second kappa shape index (κ2) is 15.3. The predicted molar refractivity (Wildman–Crippen MR) is 143 cm³/mol. The Morgan fingerprint density at radius 2 is 1.33 bits per heavy atom. The average molecular weight is 554 g/mol. The second-order valence-corrected chi connectivity index (χ2v) is 10.3. The van der Waals surface area contributed by atoms with Gasteiger partial charge in [0.25, 0.3) is 0 Å². The van der Waals surface area contributed by atoms with Crippen molar-refractivity contribution in [2.45, 2.75) is 105 Å². The molecule has 0 aliphatic heterocycles. The summed E-state index contributed by atoms with van der Waals surface area (Å²) < 4.78 is 26.2. The largest absolute Gasteiger partial charge is 0.514 e. The van der Waals surface area contributed by atoms with E-state index in [4.69, 9.17) is 29.4 Å². The Morgan fingerprint density at radius 3 is 1.79 bits per heavy atom. The molecule has 0 amide bonds. The molecule has 0 saturated heterocycles. The fourth-order valence-corrected chi connectivity index (χ4v) is 3.28. The predicted octanol–water partition coefficient (Wildman–Crippen LogP) is 5.25. The monoisotopic (exact) mass is 553 g/mol. The minimum atomic E-state index is -1.83. The first-order chi connectivity index (χ1) is 18.1. The average Bonchev–Trinajstić information content (AvgIpc) is 2.84. The molecule has 0 bridgehead atoms. The van der Waals surface area contributed by atoms with Gasteiger partial charge in [-0.3, -0.25) is 9.59 Å². The van der Waals surface area contributed by atoms with Crippen molar-refractivity contribution < 1.29 is 48.0 Å². The van der Waals surface area contributed by atoms with E-state index in [2.05, 4.69) is 0 Å². The van der Waals surface area contributed by atoms with Crippen molar-refractivity contribution in [3.05, 3.63) is 23.8 Å². The fourth-order valence-electron chi connectivity index (χ4n) is 3.28. The number of carboxylic acid groups (broad SMARTS) is 1. The third kappa shape index (κ3) is 11.1. The summed E-state index contributed by atoms with van der Waals surface area (Å²) >= 11 is 0. The Hall–Kier alpha value is -3.34. The number of carbonyl (C=O) groups excluding carboxylic acids is 3. The molecule has 0 aliphatic carbocycles. The van der Waals surface area contributed by atoms with E-state index in [1.54, 1.807) is 27.7 Å². The molecule has 0 spiro atoms. The van der Waals surface area contributed by atoms with Gasteiger partial charge in [-0.25, -0.2) is 9.59 Å². The number of esters is 1. The van der Waals surface area contributed by atoms with Crippen molar-refractivity contribution >= 4 is 24.2 Å². The van der Waals surface area contributed by atoms with Crippen LogP contribution in [0.1, 0.15) is 80.2 Å². The minimum absolute atomic E-state index is 0.0560. The van der Waals surface area contributed by atoms with E-state index < -0.39 is 48.1 Å². The van der Waals surface area contributed by atoms with E-state index >= 15 is 0 Å². The van der Waals surface area contributed by atoms with Gasteiger partial charge in [-0.05, 0) is 57.2 Å². The molecular formula is C28H43NO10. The number of ether oxygens (including phenoxy) is 5. The van der Waals surface area contributed by atoms with E-state index in [-0.39, 0.29) is 36.2 Å². The minimum Gasteiger partial charge on any atom is -0.480 e. The van der Waals surface area contributed by atoms with Crippen molar-refractivity contribution in [2.75, 3.05) is 0 Å². The van der Waals surface area contributed by atoms with Crippen molar-refractivity contribution in [2.24, 2.45) is 17.6 Å². The standard InChI is InChI=1S/C28H43NO10/c1-9-17(5)36-26(33)38-22-12-11-21(13-23(22)39-27(34)37-18(6)10-2)15-28(29,25(31)32)14-19(7)35-24(30)20(8)16(3)4/h11-13,16-20H,9-10,14-15,29H2,1-8H3,(H,31,32)/t17?,18?,19-,20?,28?/m0/s1. The summed E-state index contributed by atoms with van der Waals surface area (Å²) in [5, 5.41) is 9.94. The van der Waals surface area contributed by atoms with Gasteiger partial charge >= 0.3 is 24.2 Å². The molecule has 1 aromatic rings. The van der Waals surface area contributed by atoms with E-state index in [9.17, 15) is 24.3 Å². The van der Waals surface area contributed by atoms with Crippen LogP contribution in [0.15, 0.2) is 18.2 Å². The number of carboxylic acids is 1. The molecule has 11 nitrogen and oxygen atoms in total. The van der Waals surface area contributed by atoms with Gasteiger partial charge < -0.3 is 34.5 Å². The van der Waals surface area contributed by atoms with Gasteiger partial charge in [0.05, 0.1) is 5.92 Å². The molecule has 220 valence electrons. The lowest BCUT2D eigenvalue weighted by molar-refractivity contribution is -0.157. The Labute approximate surface area is 230 Å². The highest BCUT2D eigenvalue weighted by atomic mass is 16.7. The van der Waals surface area contributed by atoms with Crippen LogP contribution in [0.4, 0.5) is 9.59 Å². The molecule has 4 unspecified atom stereocenters. The van der Waals surface area contributed by atoms with Gasteiger partial charge in [0.15, 0.2) is 11.5 Å². The number of carbonyl (C=O) groups is 4. The highest BCUT2D eigenvalue weighted by Gasteiger charge is 2.38. The van der Waals surface area contributed by atoms with Crippen molar-refractivity contribution in [1.82, 2.24) is 0 Å². The summed E-state index contributed by atoms with van der Waals surface area (Å²) in [4.78, 5) is 49.0. The van der Waals surface area contributed by atoms with Crippen LogP contribution in [0.5, 0.6) is 11.5 Å². The first-order valence-electron chi connectivity index (χ1n) is 13.2. The van der Waals surface area contributed by atoms with Gasteiger partial charge in [0.2, 0.25) is 0 Å². The first-order valence-corrected chi connectivity index (χ1v) is 13.2. The van der Waals surface area contributed by atoms with Gasteiger partial charge in [0, 0.05) is 12.8 Å². The summed E-state index contributed by atoms with van der Waals surface area (Å²) in [5.74, 6) is -2.36. The van der Waals surface area contributed by atoms with Crippen LogP contribution in [0.2, 0.25) is 0 Å². The summed E-state index contributed by atoms with van der Waals surface area (Å²) in [6.45, 7) is 14.1. The van der Waals surface area contributed by atoms with Crippen LogP contribution in [0, 0.1) is 11.8 Å². The van der Waals surface area contributed by atoms with E-state index in [1.165, 1.54) is 18.2 Å². The lowest BCUT2D eigenvalue weighted by Crippen LogP contribution is -2.52. The molecule has 0 aromatic heterocycles. The first kappa shape index (κ1) is 33.7. The highest BCUT2D eigenvalue weighted by molar-refractivity contribution is 5.79. The molecule has 5 atom stereocenters. The molecule has 0 fully saturated rings. The van der Waals surface area contributed by atoms with Crippen molar-refractivity contribution in [3.8, 4) is 11.5 Å². The summed E-state index contributed by atoms with van der Waals surface area (Å²) in [5.41, 5.74) is 4.82. The van der Waals surface area contributed by atoms with E-state index in [0.29, 0.717) is 18.4 Å². The Balaban J connectivity index is 3.21. The van der Waals surface area contributed by atoms with Gasteiger partial charge in [-0.1, -0.05) is 40.7 Å². The van der Waals surface area contributed by atoms with E-state index in [1.807, 2.05) is 27.7 Å². The fraction of sp³-hybridized carbons (Fsp3) is 0.643. The van der Waals surface area contributed by atoms with Crippen LogP contribution in [-0.4, -0.2) is 53.2 Å². The van der Waals surface area contributed by atoms with Gasteiger partial charge in [-0.15, -0.1) is 0 Å². The second-order valence-electron chi connectivity index (χ2n) is 10.3. The maximum Gasteiger partial charge on any atom is 0.514 e. The normalized spacial score (nSPS) is 15.7. The molecule has 0 radical (unpaired) electrons. The molecule has 0 saturated carbocycles. The summed E-state index contributed by atoms with van der Waals surface area (Å²) in [7, 11) is 0. The third-order valence-corrected chi connectivity index (χ3v) is 6.43. The molecule has 0 aliphatic rings. The maximum absolute atomic E-state index is 12.3. The van der Waals surface area contributed by atoms with Crippen molar-refractivity contribution in [3.63, 3.8) is 0 Å². The summed E-state index contributed by atoms with van der Waals surface area (Å²) in [6.07, 6.45) is -2.90. The molecule has 0 heterocycles. The number of hydrogen-bond acceptors (Lipinski definition) is 10. The molecular weight excluding hydrogens is 510 g/mol. The summed E-state index contributed by atoms with van der Waals surface area (Å²) in [6, 6.07) is 4.17. The van der Waals surface area contributed by atoms with E-state index in [0.717, 1.165) is 0 Å². The molecule has 39 heavy (non-hydrogen) atoms. The topological polar surface area (TPSA) is 161 Å². The quantitative estimate of drug-likeness (QED) is 0.176. The lowest BCUT2D eigenvalue weighted by atomic mass is 9.86. The van der Waals surface area contributed by atoms with Crippen molar-refractivity contribution in [1.29, 1.82) is 0 Å². The van der Waals surface area contributed by atoms with Gasteiger partial charge in [0.1, 0.15) is 23.9 Å². The zero-order valence-corrected chi connectivity index (χ0v) is 24.1. The van der Waals surface area contributed by atoms with Crippen LogP contribution in [0.25, 0.3) is 0 Å². The Bertz CT molecular complexity index is 995. The molecule has 1 aromatic carbocycles. The number of nitrogens with two attached hydrogens (primary N) is 1. The maximum atomic E-state index is 12.3. The van der Waals surface area contributed by atoms with Crippen LogP contribution >= 0.6 is 0 Å². The molecule has 11 heteroatoms. The Kier molecular flexibility index (Phi) is 13.2. The Morgan fingerprint density at radius 1 is 0.821 bits per heavy atom. The zero-order valence-electron chi connectivity index (χ0n) is 24.1. The lowest BCUT2D eigenvalue weighted by Gasteiger charge is -2.29. The zero-order chi connectivity index (χ0) is 29.9. The van der Waals surface area contributed by atoms with Crippen LogP contribution in [-0.2, 0) is 30.2 Å². The van der Waals surface area contributed by atoms with Crippen LogP contribution < -0.4 is 15.2 Å². The third-order valence-electron chi connectivity index (χ3n) is 6.43. The smallest absolute Gasteiger partial charge is 0.480 e. The SMILES string of the molecule is CCC(C)OC(=O)Oc1ccc(CC(N)(C[C@H](C)OC(=O)C(C)C(C)C)C(=O)O)cc1OC(=O)OC(C)CC. The number of hydrogen-bond donors (Lipinski definition) is 2. The number of rotatable bonds is 14. The highest BCUT2D eigenvalue weighted by Crippen LogP contribution is 2.32. The number of aliphatic carboxylic acids is 1. The molecule has 1 rings (SSSR count). The van der Waals surface area contributed by atoms with Gasteiger partial charge in [-0.2, -0.15) is 0 Å². The molecule has 3 N–H and O–H groups in total.